The van der Waals surface area contributed by atoms with Gasteiger partial charge in [0.15, 0.2) is 0 Å². The van der Waals surface area contributed by atoms with Gasteiger partial charge in [0.1, 0.15) is 5.82 Å². The third-order valence-corrected chi connectivity index (χ3v) is 4.07. The van der Waals surface area contributed by atoms with Crippen LogP contribution in [0.2, 0.25) is 0 Å². The number of rotatable bonds is 5. The highest BCUT2D eigenvalue weighted by Crippen LogP contribution is 2.09. The molecule has 1 aromatic carbocycles. The minimum atomic E-state index is -0.268. The van der Waals surface area contributed by atoms with Crippen molar-refractivity contribution in [3.05, 3.63) is 84.9 Å². The molecule has 134 valence electrons. The van der Waals surface area contributed by atoms with E-state index in [4.69, 9.17) is 0 Å². The van der Waals surface area contributed by atoms with Crippen LogP contribution >= 0.6 is 0 Å². The molecular formula is C19H21N5O2. The molecule has 0 fully saturated rings. The van der Waals surface area contributed by atoms with E-state index < -0.39 is 0 Å². The number of hydrogen-bond acceptors (Lipinski definition) is 5. The van der Waals surface area contributed by atoms with E-state index in [-0.39, 0.29) is 17.5 Å². The average molecular weight is 351 g/mol. The molecular weight excluding hydrogens is 330 g/mol. The Bertz CT molecular complexity index is 1040. The largest absolute Gasteiger partial charge is 0.352 e. The molecule has 0 amide bonds. The first-order valence-corrected chi connectivity index (χ1v) is 8.37. The highest BCUT2D eigenvalue weighted by Gasteiger charge is 2.10. The monoisotopic (exact) mass is 351 g/mol. The molecule has 0 aliphatic heterocycles. The number of hydrogen-bond donors (Lipinski definition) is 3. The van der Waals surface area contributed by atoms with E-state index in [0.29, 0.717) is 35.3 Å². The molecule has 0 saturated carbocycles. The molecule has 2 aromatic heterocycles. The van der Waals surface area contributed by atoms with Crippen LogP contribution in [0, 0.1) is 20.8 Å². The van der Waals surface area contributed by atoms with E-state index in [0.717, 1.165) is 5.56 Å². The second-order valence-electron chi connectivity index (χ2n) is 6.32. The van der Waals surface area contributed by atoms with Crippen molar-refractivity contribution >= 4 is 5.95 Å². The zero-order valence-corrected chi connectivity index (χ0v) is 15.0. The van der Waals surface area contributed by atoms with Gasteiger partial charge in [0.25, 0.3) is 11.1 Å². The van der Waals surface area contributed by atoms with Crippen LogP contribution in [-0.2, 0) is 13.0 Å². The molecule has 0 atom stereocenters. The number of aryl methyl sites for hydroxylation is 3. The van der Waals surface area contributed by atoms with Crippen molar-refractivity contribution in [3.63, 3.8) is 0 Å². The summed E-state index contributed by atoms with van der Waals surface area (Å²) in [5.41, 5.74) is 3.47. The Labute approximate surface area is 150 Å². The lowest BCUT2D eigenvalue weighted by Gasteiger charge is -2.08. The summed E-state index contributed by atoms with van der Waals surface area (Å²) in [7, 11) is 0. The van der Waals surface area contributed by atoms with E-state index in [2.05, 4.69) is 25.3 Å². The van der Waals surface area contributed by atoms with Crippen molar-refractivity contribution in [2.45, 2.75) is 33.7 Å². The molecule has 2 heterocycles. The van der Waals surface area contributed by atoms with Crippen molar-refractivity contribution in [2.24, 2.45) is 0 Å². The molecule has 0 unspecified atom stereocenters. The van der Waals surface area contributed by atoms with Gasteiger partial charge < -0.3 is 10.3 Å². The Morgan fingerprint density at radius 3 is 2.42 bits per heavy atom. The first-order chi connectivity index (χ1) is 12.4. The second kappa shape index (κ2) is 7.35. The maximum absolute atomic E-state index is 12.1. The predicted molar refractivity (Wildman–Crippen MR) is 101 cm³/mol. The third kappa shape index (κ3) is 4.24. The zero-order valence-electron chi connectivity index (χ0n) is 15.0. The molecule has 0 radical (unpaired) electrons. The minimum absolute atomic E-state index is 0.203. The molecule has 7 heteroatoms. The van der Waals surface area contributed by atoms with Gasteiger partial charge in [0.2, 0.25) is 5.95 Å². The molecule has 0 spiro atoms. The SMILES string of the molecule is Cc1ccc(CNc2nc(Cc3c(C)nc(C)[nH]c3=O)cc(=O)[nH]2)cc1. The van der Waals surface area contributed by atoms with Gasteiger partial charge in [-0.2, -0.15) is 0 Å². The molecule has 26 heavy (non-hydrogen) atoms. The van der Waals surface area contributed by atoms with E-state index >= 15 is 0 Å². The molecule has 7 nitrogen and oxygen atoms in total. The second-order valence-corrected chi connectivity index (χ2v) is 6.32. The molecule has 0 aliphatic rings. The van der Waals surface area contributed by atoms with E-state index in [1.54, 1.807) is 13.8 Å². The normalized spacial score (nSPS) is 10.7. The first kappa shape index (κ1) is 17.6. The summed E-state index contributed by atoms with van der Waals surface area (Å²) in [5.74, 6) is 0.942. The van der Waals surface area contributed by atoms with Gasteiger partial charge in [-0.15, -0.1) is 0 Å². The van der Waals surface area contributed by atoms with Crippen LogP contribution in [0.1, 0.15) is 33.9 Å². The maximum Gasteiger partial charge on any atom is 0.254 e. The zero-order chi connectivity index (χ0) is 18.7. The van der Waals surface area contributed by atoms with Gasteiger partial charge in [0, 0.05) is 30.3 Å². The first-order valence-electron chi connectivity index (χ1n) is 8.37. The lowest BCUT2D eigenvalue weighted by Crippen LogP contribution is -2.20. The number of benzene rings is 1. The van der Waals surface area contributed by atoms with Crippen molar-refractivity contribution in [1.29, 1.82) is 0 Å². The quantitative estimate of drug-likeness (QED) is 0.652. The van der Waals surface area contributed by atoms with Crippen LogP contribution in [0.4, 0.5) is 5.95 Å². The summed E-state index contributed by atoms with van der Waals surface area (Å²) in [6, 6.07) is 9.50. The molecule has 0 saturated heterocycles. The summed E-state index contributed by atoms with van der Waals surface area (Å²) in [4.78, 5) is 38.1. The van der Waals surface area contributed by atoms with Crippen LogP contribution in [-0.4, -0.2) is 19.9 Å². The number of H-pyrrole nitrogens is 2. The van der Waals surface area contributed by atoms with Gasteiger partial charge in [0.05, 0.1) is 5.69 Å². The third-order valence-electron chi connectivity index (χ3n) is 4.07. The van der Waals surface area contributed by atoms with E-state index in [1.165, 1.54) is 11.6 Å². The minimum Gasteiger partial charge on any atom is -0.352 e. The van der Waals surface area contributed by atoms with Gasteiger partial charge >= 0.3 is 0 Å². The van der Waals surface area contributed by atoms with E-state index in [9.17, 15) is 9.59 Å². The van der Waals surface area contributed by atoms with Crippen molar-refractivity contribution in [2.75, 3.05) is 5.32 Å². The van der Waals surface area contributed by atoms with Crippen molar-refractivity contribution in [1.82, 2.24) is 19.9 Å². The van der Waals surface area contributed by atoms with Gasteiger partial charge in [-0.1, -0.05) is 29.8 Å². The fourth-order valence-corrected chi connectivity index (χ4v) is 2.71. The van der Waals surface area contributed by atoms with Crippen molar-refractivity contribution in [3.8, 4) is 0 Å². The highest BCUT2D eigenvalue weighted by atomic mass is 16.1. The van der Waals surface area contributed by atoms with Crippen LogP contribution in [0.25, 0.3) is 0 Å². The number of nitrogens with one attached hydrogen (secondary N) is 3. The summed E-state index contributed by atoms with van der Waals surface area (Å²) in [5, 5.41) is 3.12. The number of aromatic amines is 2. The van der Waals surface area contributed by atoms with Gasteiger partial charge in [-0.25, -0.2) is 9.97 Å². The average Bonchev–Trinajstić information content (AvgIpc) is 2.57. The standard InChI is InChI=1S/C19H21N5O2/c1-11-4-6-14(7-5-11)10-20-19-23-15(9-17(25)24-19)8-16-12(2)21-13(3)22-18(16)26/h4-7,9H,8,10H2,1-3H3,(H,21,22,26)(H2,20,23,24,25). The molecule has 3 N–H and O–H groups in total. The van der Waals surface area contributed by atoms with Gasteiger partial charge in [-0.05, 0) is 26.3 Å². The molecule has 3 aromatic rings. The lowest BCUT2D eigenvalue weighted by atomic mass is 10.1. The maximum atomic E-state index is 12.1. The van der Waals surface area contributed by atoms with Crippen LogP contribution in [0.3, 0.4) is 0 Å². The van der Waals surface area contributed by atoms with Crippen molar-refractivity contribution < 1.29 is 0 Å². The Morgan fingerprint density at radius 2 is 1.73 bits per heavy atom. The Hall–Kier alpha value is -3.22. The molecule has 0 aliphatic carbocycles. The number of aromatic nitrogens is 4. The Balaban J connectivity index is 1.81. The van der Waals surface area contributed by atoms with Crippen LogP contribution in [0.15, 0.2) is 39.9 Å². The fraction of sp³-hybridized carbons (Fsp3) is 0.263. The van der Waals surface area contributed by atoms with E-state index in [1.807, 2.05) is 31.2 Å². The summed E-state index contributed by atoms with van der Waals surface area (Å²) < 4.78 is 0. The Morgan fingerprint density at radius 1 is 1.00 bits per heavy atom. The summed E-state index contributed by atoms with van der Waals surface area (Å²) >= 11 is 0. The van der Waals surface area contributed by atoms with Crippen LogP contribution in [0.5, 0.6) is 0 Å². The smallest absolute Gasteiger partial charge is 0.254 e. The highest BCUT2D eigenvalue weighted by molar-refractivity contribution is 5.31. The summed E-state index contributed by atoms with van der Waals surface area (Å²) in [6.07, 6.45) is 0.248. The van der Waals surface area contributed by atoms with Gasteiger partial charge in [-0.3, -0.25) is 14.6 Å². The number of anilines is 1. The van der Waals surface area contributed by atoms with Crippen LogP contribution < -0.4 is 16.4 Å². The topological polar surface area (TPSA) is 104 Å². The Kier molecular flexibility index (Phi) is 4.97. The number of nitrogens with zero attached hydrogens (tertiary/aromatic N) is 2. The lowest BCUT2D eigenvalue weighted by molar-refractivity contribution is 0.903. The molecule has 3 rings (SSSR count). The predicted octanol–water partition coefficient (Wildman–Crippen LogP) is 1.98. The fourth-order valence-electron chi connectivity index (χ4n) is 2.71. The molecule has 0 bridgehead atoms. The summed E-state index contributed by atoms with van der Waals surface area (Å²) in [6.45, 7) is 6.08.